The highest BCUT2D eigenvalue weighted by molar-refractivity contribution is 5.95. The lowest BCUT2D eigenvalue weighted by atomic mass is 10.1. The number of guanidine groups is 1. The van der Waals surface area contributed by atoms with Gasteiger partial charge < -0.3 is 55.5 Å². The molecule has 16 N–H and O–H groups in total. The van der Waals surface area contributed by atoms with E-state index in [0.717, 1.165) is 0 Å². The predicted molar refractivity (Wildman–Crippen MR) is 132 cm³/mol. The van der Waals surface area contributed by atoms with Gasteiger partial charge in [0, 0.05) is 19.4 Å². The van der Waals surface area contributed by atoms with Crippen LogP contribution in [0.2, 0.25) is 0 Å². The van der Waals surface area contributed by atoms with Crippen LogP contribution in [-0.4, -0.2) is 83.2 Å². The number of carboxylic acids is 1. The number of nitrogens with two attached hydrogens (primary N) is 6. The molecule has 0 aliphatic heterocycles. The lowest BCUT2D eigenvalue weighted by Gasteiger charge is -2.25. The highest BCUT2D eigenvalue weighted by atomic mass is 16.4. The van der Waals surface area contributed by atoms with Crippen LogP contribution in [0.1, 0.15) is 44.9 Å². The molecule has 4 atom stereocenters. The molecule has 0 rings (SSSR count). The van der Waals surface area contributed by atoms with Gasteiger partial charge in [-0.15, -0.1) is 0 Å². The van der Waals surface area contributed by atoms with E-state index in [0.29, 0.717) is 0 Å². The smallest absolute Gasteiger partial charge is 0.326 e. The molecular formula is C20H36N10O8. The molecule has 18 heteroatoms. The minimum atomic E-state index is -1.70. The first-order chi connectivity index (χ1) is 17.6. The quantitative estimate of drug-likeness (QED) is 0.0414. The molecule has 0 aromatic carbocycles. The van der Waals surface area contributed by atoms with E-state index in [4.69, 9.17) is 34.4 Å². The average molecular weight is 545 g/mol. The van der Waals surface area contributed by atoms with E-state index >= 15 is 0 Å². The molecule has 0 fully saturated rings. The number of aliphatic carboxylic acids is 1. The molecule has 4 unspecified atom stereocenters. The second kappa shape index (κ2) is 17.1. The van der Waals surface area contributed by atoms with Gasteiger partial charge in [-0.1, -0.05) is 0 Å². The van der Waals surface area contributed by atoms with Crippen molar-refractivity contribution in [3.05, 3.63) is 0 Å². The number of carbonyl (C=O) groups is 7. The standard InChI is InChI=1S/C20H36N10O8/c21-9(3-5-13(22)31)16(34)28-10(2-1-7-27-20(25)26)17(35)29-11(4-6-14(23)32)18(36)30-12(19(37)38)8-15(24)33/h9-12H,1-8,21H2,(H2,22,31)(H2,23,32)(H2,24,33)(H,28,34)(H,29,35)(H,30,36)(H,37,38)(H4,25,26,27). The number of nitrogens with one attached hydrogen (secondary N) is 3. The molecule has 38 heavy (non-hydrogen) atoms. The molecular weight excluding hydrogens is 508 g/mol. The van der Waals surface area contributed by atoms with Crippen molar-refractivity contribution in [1.82, 2.24) is 16.0 Å². The molecule has 0 bridgehead atoms. The third kappa shape index (κ3) is 14.8. The van der Waals surface area contributed by atoms with E-state index in [9.17, 15) is 38.7 Å². The first-order valence-corrected chi connectivity index (χ1v) is 11.4. The van der Waals surface area contributed by atoms with Crippen molar-refractivity contribution in [3.8, 4) is 0 Å². The molecule has 0 aliphatic rings. The van der Waals surface area contributed by atoms with Crippen LogP contribution in [0, 0.1) is 0 Å². The fourth-order valence-corrected chi connectivity index (χ4v) is 2.98. The number of carboxylic acid groups (broad SMARTS) is 1. The molecule has 0 saturated carbocycles. The van der Waals surface area contributed by atoms with Gasteiger partial charge in [-0.2, -0.15) is 0 Å². The average Bonchev–Trinajstić information content (AvgIpc) is 2.80. The molecule has 0 aromatic rings. The van der Waals surface area contributed by atoms with Crippen LogP contribution in [0.4, 0.5) is 0 Å². The topological polar surface area (TPSA) is 344 Å². The first-order valence-electron chi connectivity index (χ1n) is 11.4. The van der Waals surface area contributed by atoms with Crippen LogP contribution in [0.15, 0.2) is 4.99 Å². The summed E-state index contributed by atoms with van der Waals surface area (Å²) in [7, 11) is 0. The first kappa shape index (κ1) is 33.5. The van der Waals surface area contributed by atoms with E-state index in [1.807, 2.05) is 0 Å². The number of hydrogen-bond acceptors (Lipinski definition) is 9. The number of carbonyl (C=O) groups excluding carboxylic acids is 6. The Labute approximate surface area is 217 Å². The second-order valence-electron chi connectivity index (χ2n) is 8.26. The maximum atomic E-state index is 13.0. The molecule has 18 nitrogen and oxygen atoms in total. The number of hydrogen-bond donors (Lipinski definition) is 10. The molecule has 6 amide bonds. The van der Waals surface area contributed by atoms with Gasteiger partial charge in [0.05, 0.1) is 12.5 Å². The van der Waals surface area contributed by atoms with Gasteiger partial charge in [-0.25, -0.2) is 4.79 Å². The molecule has 0 aliphatic carbocycles. The molecule has 0 saturated heterocycles. The maximum Gasteiger partial charge on any atom is 0.326 e. The van der Waals surface area contributed by atoms with Crippen LogP contribution in [0.3, 0.4) is 0 Å². The Hall–Kier alpha value is -4.48. The highest BCUT2D eigenvalue weighted by Crippen LogP contribution is 2.05. The lowest BCUT2D eigenvalue weighted by Crippen LogP contribution is -2.57. The van der Waals surface area contributed by atoms with Crippen LogP contribution in [0.25, 0.3) is 0 Å². The third-order valence-corrected chi connectivity index (χ3v) is 4.95. The zero-order valence-corrected chi connectivity index (χ0v) is 20.7. The zero-order chi connectivity index (χ0) is 29.4. The zero-order valence-electron chi connectivity index (χ0n) is 20.7. The summed E-state index contributed by atoms with van der Waals surface area (Å²) in [5.41, 5.74) is 31.5. The van der Waals surface area contributed by atoms with Crippen molar-refractivity contribution < 1.29 is 38.7 Å². The predicted octanol–water partition coefficient (Wildman–Crippen LogP) is -5.69. The Bertz CT molecular complexity index is 921. The monoisotopic (exact) mass is 544 g/mol. The van der Waals surface area contributed by atoms with Crippen molar-refractivity contribution in [2.75, 3.05) is 6.54 Å². The second-order valence-corrected chi connectivity index (χ2v) is 8.26. The summed E-state index contributed by atoms with van der Waals surface area (Å²) >= 11 is 0. The van der Waals surface area contributed by atoms with Gasteiger partial charge in [0.1, 0.15) is 18.1 Å². The van der Waals surface area contributed by atoms with Gasteiger partial charge in [0.15, 0.2) is 5.96 Å². The van der Waals surface area contributed by atoms with Crippen molar-refractivity contribution in [1.29, 1.82) is 0 Å². The Morgan fingerprint density at radius 1 is 0.658 bits per heavy atom. The number of primary amides is 3. The highest BCUT2D eigenvalue weighted by Gasteiger charge is 2.31. The van der Waals surface area contributed by atoms with E-state index in [1.165, 1.54) is 0 Å². The lowest BCUT2D eigenvalue weighted by molar-refractivity contribution is -0.144. The summed E-state index contributed by atoms with van der Waals surface area (Å²) in [5.74, 6) is -6.99. The van der Waals surface area contributed by atoms with Crippen molar-refractivity contribution >= 4 is 47.4 Å². The minimum absolute atomic E-state index is 0.0273. The summed E-state index contributed by atoms with van der Waals surface area (Å²) in [6.07, 6.45) is -1.53. The molecule has 0 radical (unpaired) electrons. The molecule has 0 heterocycles. The Morgan fingerprint density at radius 3 is 1.61 bits per heavy atom. The Kier molecular flexibility index (Phi) is 15.0. The van der Waals surface area contributed by atoms with Crippen LogP contribution < -0.4 is 50.4 Å². The molecule has 0 aromatic heterocycles. The number of nitrogens with zero attached hydrogens (tertiary/aromatic N) is 1. The van der Waals surface area contributed by atoms with Crippen LogP contribution in [-0.2, 0) is 33.6 Å². The summed E-state index contributed by atoms with van der Waals surface area (Å²) < 4.78 is 0. The van der Waals surface area contributed by atoms with Gasteiger partial charge in [0.25, 0.3) is 0 Å². The number of aliphatic imine (C=N–C) groups is 1. The number of amides is 6. The summed E-state index contributed by atoms with van der Waals surface area (Å²) in [5, 5.41) is 16.0. The van der Waals surface area contributed by atoms with Crippen molar-refractivity contribution in [2.45, 2.75) is 69.1 Å². The Balaban J connectivity index is 5.71. The largest absolute Gasteiger partial charge is 0.480 e. The van der Waals surface area contributed by atoms with Crippen molar-refractivity contribution in [3.63, 3.8) is 0 Å². The Morgan fingerprint density at radius 2 is 1.13 bits per heavy atom. The van der Waals surface area contributed by atoms with Gasteiger partial charge in [-0.05, 0) is 25.7 Å². The summed E-state index contributed by atoms with van der Waals surface area (Å²) in [4.78, 5) is 86.8. The van der Waals surface area contributed by atoms with E-state index < -0.39 is 72.0 Å². The summed E-state index contributed by atoms with van der Waals surface area (Å²) in [6.45, 7) is 0.0920. The maximum absolute atomic E-state index is 13.0. The van der Waals surface area contributed by atoms with Gasteiger partial charge in [-0.3, -0.25) is 33.8 Å². The number of rotatable bonds is 19. The fourth-order valence-electron chi connectivity index (χ4n) is 2.98. The molecule has 0 spiro atoms. The van der Waals surface area contributed by atoms with Crippen molar-refractivity contribution in [2.24, 2.45) is 39.4 Å². The minimum Gasteiger partial charge on any atom is -0.480 e. The fraction of sp³-hybridized carbons (Fsp3) is 0.600. The van der Waals surface area contributed by atoms with Gasteiger partial charge >= 0.3 is 5.97 Å². The van der Waals surface area contributed by atoms with Crippen LogP contribution in [0.5, 0.6) is 0 Å². The normalized spacial score (nSPS) is 13.6. The van der Waals surface area contributed by atoms with Gasteiger partial charge in [0.2, 0.25) is 35.4 Å². The third-order valence-electron chi connectivity index (χ3n) is 4.95. The van der Waals surface area contributed by atoms with Crippen LogP contribution >= 0.6 is 0 Å². The molecule has 214 valence electrons. The van der Waals surface area contributed by atoms with E-state index in [-0.39, 0.29) is 51.0 Å². The summed E-state index contributed by atoms with van der Waals surface area (Å²) in [6, 6.07) is -5.65. The SMILES string of the molecule is NC(=O)CCC(N)C(=O)NC(CCCN=C(N)N)C(=O)NC(CCC(N)=O)C(=O)NC(CC(N)=O)C(=O)O. The van der Waals surface area contributed by atoms with E-state index in [2.05, 4.69) is 20.9 Å². The van der Waals surface area contributed by atoms with E-state index in [1.54, 1.807) is 0 Å².